The topological polar surface area (TPSA) is 114 Å². The van der Waals surface area contributed by atoms with Crippen LogP contribution in [0, 0.1) is 0 Å². The zero-order valence-electron chi connectivity index (χ0n) is 11.7. The summed E-state index contributed by atoms with van der Waals surface area (Å²) in [6.07, 6.45) is 0.624. The standard InChI is InChI=1S/C14H18N4O2S/c1-2-8(7-19)17-12(15)11(13(16)20)14-18-9-5-3-4-6-10(9)21-14/h3-6,8,18-19H,2,7H2,1H3,(H2,15,17)(H2,16,20). The Kier molecular flexibility index (Phi) is 4.87. The van der Waals surface area contributed by atoms with Gasteiger partial charge in [0.1, 0.15) is 11.4 Å². The maximum Gasteiger partial charge on any atom is 0.255 e. The molecule has 1 unspecified atom stereocenters. The number of anilines is 1. The Morgan fingerprint density at radius 1 is 1.43 bits per heavy atom. The molecule has 1 aliphatic heterocycles. The second kappa shape index (κ2) is 6.64. The van der Waals surface area contributed by atoms with Gasteiger partial charge < -0.3 is 21.9 Å². The van der Waals surface area contributed by atoms with Crippen molar-refractivity contribution in [1.82, 2.24) is 0 Å². The number of fused-ring (bicyclic) bond motifs is 1. The lowest BCUT2D eigenvalue weighted by Gasteiger charge is -2.11. The number of carbonyl (C=O) groups excluding carboxylic acids is 1. The molecular weight excluding hydrogens is 288 g/mol. The van der Waals surface area contributed by atoms with E-state index in [1.807, 2.05) is 31.2 Å². The fourth-order valence-corrected chi connectivity index (χ4v) is 2.97. The summed E-state index contributed by atoms with van der Waals surface area (Å²) < 4.78 is 0. The number of primary amides is 1. The van der Waals surface area contributed by atoms with E-state index in [9.17, 15) is 9.90 Å². The first kappa shape index (κ1) is 15.4. The largest absolute Gasteiger partial charge is 0.394 e. The molecule has 0 fully saturated rings. The van der Waals surface area contributed by atoms with Crippen LogP contribution < -0.4 is 16.8 Å². The van der Waals surface area contributed by atoms with Gasteiger partial charge in [-0.1, -0.05) is 30.8 Å². The molecule has 0 bridgehead atoms. The normalized spacial score (nSPS) is 17.9. The van der Waals surface area contributed by atoms with Gasteiger partial charge in [-0.3, -0.25) is 9.79 Å². The molecule has 112 valence electrons. The van der Waals surface area contributed by atoms with Crippen molar-refractivity contribution in [1.29, 1.82) is 0 Å². The van der Waals surface area contributed by atoms with Crippen molar-refractivity contribution in [3.8, 4) is 0 Å². The van der Waals surface area contributed by atoms with Gasteiger partial charge in [-0.25, -0.2) is 0 Å². The number of nitrogens with one attached hydrogen (secondary N) is 1. The van der Waals surface area contributed by atoms with E-state index in [1.54, 1.807) is 0 Å². The van der Waals surface area contributed by atoms with E-state index in [2.05, 4.69) is 10.3 Å². The second-order valence-electron chi connectivity index (χ2n) is 4.55. The summed E-state index contributed by atoms with van der Waals surface area (Å²) in [6.45, 7) is 1.76. The molecule has 0 saturated carbocycles. The van der Waals surface area contributed by atoms with Crippen molar-refractivity contribution in [2.75, 3.05) is 11.9 Å². The maximum absolute atomic E-state index is 11.7. The van der Waals surface area contributed by atoms with Gasteiger partial charge in [0.2, 0.25) is 0 Å². The van der Waals surface area contributed by atoms with E-state index in [0.717, 1.165) is 10.6 Å². The van der Waals surface area contributed by atoms with Crippen LogP contribution in [-0.2, 0) is 4.79 Å². The summed E-state index contributed by atoms with van der Waals surface area (Å²) in [6, 6.07) is 7.32. The summed E-state index contributed by atoms with van der Waals surface area (Å²) in [5.74, 6) is -0.599. The highest BCUT2D eigenvalue weighted by Gasteiger charge is 2.24. The molecule has 7 heteroatoms. The predicted octanol–water partition coefficient (Wildman–Crippen LogP) is 1.03. The van der Waals surface area contributed by atoms with Crippen molar-refractivity contribution in [3.63, 3.8) is 0 Å². The van der Waals surface area contributed by atoms with Crippen LogP contribution in [0.3, 0.4) is 0 Å². The average molecular weight is 306 g/mol. The molecule has 0 aromatic heterocycles. The number of rotatable bonds is 5. The second-order valence-corrected chi connectivity index (χ2v) is 5.60. The van der Waals surface area contributed by atoms with Gasteiger partial charge in [0.05, 0.1) is 23.4 Å². The first-order valence-electron chi connectivity index (χ1n) is 6.59. The zero-order chi connectivity index (χ0) is 15.4. The van der Waals surface area contributed by atoms with Gasteiger partial charge >= 0.3 is 0 Å². The smallest absolute Gasteiger partial charge is 0.255 e. The third-order valence-corrected chi connectivity index (χ3v) is 4.17. The van der Waals surface area contributed by atoms with Gasteiger partial charge in [-0.05, 0) is 18.6 Å². The Balaban J connectivity index is 2.37. The maximum atomic E-state index is 11.7. The molecule has 0 aliphatic carbocycles. The average Bonchev–Trinajstić information content (AvgIpc) is 2.87. The minimum atomic E-state index is -0.646. The number of carbonyl (C=O) groups is 1. The van der Waals surface area contributed by atoms with Gasteiger partial charge in [0.25, 0.3) is 5.91 Å². The molecule has 21 heavy (non-hydrogen) atoms. The third kappa shape index (κ3) is 3.37. The molecule has 2 rings (SSSR count). The van der Waals surface area contributed by atoms with Gasteiger partial charge in [-0.2, -0.15) is 0 Å². The summed E-state index contributed by atoms with van der Waals surface area (Å²) in [5.41, 5.74) is 12.4. The Hall–Kier alpha value is -1.99. The first-order valence-corrected chi connectivity index (χ1v) is 7.41. The fourth-order valence-electron chi connectivity index (χ4n) is 1.91. The van der Waals surface area contributed by atoms with Crippen LogP contribution >= 0.6 is 11.8 Å². The molecule has 0 spiro atoms. The summed E-state index contributed by atoms with van der Waals surface area (Å²) in [7, 11) is 0. The number of benzene rings is 1. The number of amidine groups is 1. The first-order chi connectivity index (χ1) is 10.1. The van der Waals surface area contributed by atoms with E-state index in [1.165, 1.54) is 11.8 Å². The number of para-hydroxylation sites is 1. The van der Waals surface area contributed by atoms with Gasteiger partial charge in [0, 0.05) is 4.90 Å². The van der Waals surface area contributed by atoms with Crippen molar-refractivity contribution < 1.29 is 9.90 Å². The number of nitrogens with two attached hydrogens (primary N) is 2. The van der Waals surface area contributed by atoms with Crippen LogP contribution in [0.5, 0.6) is 0 Å². The highest BCUT2D eigenvalue weighted by Crippen LogP contribution is 2.41. The van der Waals surface area contributed by atoms with E-state index < -0.39 is 5.91 Å². The van der Waals surface area contributed by atoms with Crippen LogP contribution in [0.1, 0.15) is 13.3 Å². The van der Waals surface area contributed by atoms with Gasteiger partial charge in [0.15, 0.2) is 0 Å². The van der Waals surface area contributed by atoms with E-state index >= 15 is 0 Å². The Morgan fingerprint density at radius 2 is 2.14 bits per heavy atom. The number of nitrogens with zero attached hydrogens (tertiary/aromatic N) is 1. The highest BCUT2D eigenvalue weighted by atomic mass is 32.2. The monoisotopic (exact) mass is 306 g/mol. The van der Waals surface area contributed by atoms with E-state index in [0.29, 0.717) is 11.4 Å². The molecule has 0 radical (unpaired) electrons. The SMILES string of the molecule is CCC(CO)N=C(N)C(C(N)=O)=C1Nc2ccccc2S1. The number of amides is 1. The van der Waals surface area contributed by atoms with Crippen LogP contribution in [0.25, 0.3) is 0 Å². The molecule has 1 aliphatic rings. The van der Waals surface area contributed by atoms with Crippen LogP contribution in [0.2, 0.25) is 0 Å². The number of aliphatic hydroxyl groups excluding tert-OH is 1. The molecule has 1 heterocycles. The molecule has 1 atom stereocenters. The molecule has 1 aromatic carbocycles. The third-order valence-electron chi connectivity index (χ3n) is 3.08. The Morgan fingerprint density at radius 3 is 2.71 bits per heavy atom. The van der Waals surface area contributed by atoms with Crippen molar-refractivity contribution in [3.05, 3.63) is 34.9 Å². The number of aliphatic hydroxyl groups is 1. The van der Waals surface area contributed by atoms with Crippen LogP contribution in [-0.4, -0.2) is 29.5 Å². The van der Waals surface area contributed by atoms with Crippen molar-refractivity contribution >= 4 is 29.2 Å². The highest BCUT2D eigenvalue weighted by molar-refractivity contribution is 8.03. The number of thioether (sulfide) groups is 1. The summed E-state index contributed by atoms with van der Waals surface area (Å²) in [4.78, 5) is 16.9. The number of hydrogen-bond donors (Lipinski definition) is 4. The van der Waals surface area contributed by atoms with Crippen molar-refractivity contribution in [2.45, 2.75) is 24.3 Å². The lowest BCUT2D eigenvalue weighted by atomic mass is 10.2. The van der Waals surface area contributed by atoms with Crippen molar-refractivity contribution in [2.24, 2.45) is 16.5 Å². The molecule has 1 amide bonds. The van der Waals surface area contributed by atoms with E-state index in [4.69, 9.17) is 11.5 Å². The molecule has 0 saturated heterocycles. The van der Waals surface area contributed by atoms with Crippen LogP contribution in [0.4, 0.5) is 5.69 Å². The summed E-state index contributed by atoms with van der Waals surface area (Å²) in [5, 5.41) is 12.9. The summed E-state index contributed by atoms with van der Waals surface area (Å²) >= 11 is 1.39. The number of hydrogen-bond acceptors (Lipinski definition) is 5. The minimum Gasteiger partial charge on any atom is -0.394 e. The fraction of sp³-hybridized carbons (Fsp3) is 0.286. The Bertz CT molecular complexity index is 582. The molecule has 1 aromatic rings. The molecule has 6 nitrogen and oxygen atoms in total. The van der Waals surface area contributed by atoms with Crippen LogP contribution in [0.15, 0.2) is 44.8 Å². The lowest BCUT2D eigenvalue weighted by Crippen LogP contribution is -2.30. The van der Waals surface area contributed by atoms with Gasteiger partial charge in [-0.15, -0.1) is 0 Å². The molecular formula is C14H18N4O2S. The molecule has 6 N–H and O–H groups in total. The number of aliphatic imine (C=N–C) groups is 1. The Labute approximate surface area is 127 Å². The quantitative estimate of drug-likeness (QED) is 0.368. The minimum absolute atomic E-state index is 0.0474. The lowest BCUT2D eigenvalue weighted by molar-refractivity contribution is -0.114. The zero-order valence-corrected chi connectivity index (χ0v) is 12.5. The predicted molar refractivity (Wildman–Crippen MR) is 84.9 cm³/mol. The van der Waals surface area contributed by atoms with E-state index in [-0.39, 0.29) is 24.1 Å².